The number of carboxylic acid groups (broad SMARTS) is 1. The number of aromatic carboxylic acids is 1. The molecule has 0 aliphatic carbocycles. The topological polar surface area (TPSA) is 50.2 Å². The maximum Gasteiger partial charge on any atom is 0.337 e. The van der Waals surface area contributed by atoms with Gasteiger partial charge in [-0.25, -0.2) is 9.78 Å². The van der Waals surface area contributed by atoms with Crippen LogP contribution in [0, 0.1) is 13.8 Å². The summed E-state index contributed by atoms with van der Waals surface area (Å²) in [4.78, 5) is 16.2. The van der Waals surface area contributed by atoms with E-state index in [1.807, 2.05) is 19.2 Å². The normalized spacial score (nSPS) is 10.5. The van der Waals surface area contributed by atoms with Crippen molar-refractivity contribution in [2.75, 3.05) is 0 Å². The Bertz CT molecular complexity index is 513. The lowest BCUT2D eigenvalue weighted by molar-refractivity contribution is 0.0698. The Kier molecular flexibility index (Phi) is 2.58. The second kappa shape index (κ2) is 3.75. The molecule has 1 N–H and O–H groups in total. The maximum atomic E-state index is 11.0. The number of thiophene rings is 1. The van der Waals surface area contributed by atoms with E-state index in [4.69, 9.17) is 5.11 Å². The number of rotatable bonds is 2. The molecule has 0 aliphatic heterocycles. The summed E-state index contributed by atoms with van der Waals surface area (Å²) < 4.78 is 0. The molecule has 0 bridgehead atoms. The highest BCUT2D eigenvalue weighted by molar-refractivity contribution is 7.16. The molecule has 0 spiro atoms. The van der Waals surface area contributed by atoms with Crippen LogP contribution in [-0.2, 0) is 0 Å². The molecule has 0 saturated heterocycles. The molecular weight excluding hydrogens is 230 g/mol. The number of aryl methyl sites for hydroxylation is 2. The van der Waals surface area contributed by atoms with Crippen molar-refractivity contribution in [1.82, 2.24) is 4.98 Å². The van der Waals surface area contributed by atoms with Crippen LogP contribution in [-0.4, -0.2) is 16.1 Å². The zero-order valence-corrected chi connectivity index (χ0v) is 9.91. The molecule has 0 aliphatic rings. The van der Waals surface area contributed by atoms with Crippen molar-refractivity contribution in [3.05, 3.63) is 27.0 Å². The molecule has 2 rings (SSSR count). The molecule has 5 heteroatoms. The van der Waals surface area contributed by atoms with Crippen LogP contribution in [0.15, 0.2) is 10.8 Å². The van der Waals surface area contributed by atoms with Crippen molar-refractivity contribution in [3.63, 3.8) is 0 Å². The molecule has 78 valence electrons. The first kappa shape index (κ1) is 10.3. The fourth-order valence-electron chi connectivity index (χ4n) is 1.42. The van der Waals surface area contributed by atoms with Crippen LogP contribution >= 0.6 is 22.7 Å². The predicted octanol–water partition coefficient (Wildman–Crippen LogP) is 3.19. The van der Waals surface area contributed by atoms with Crippen molar-refractivity contribution < 1.29 is 9.90 Å². The molecule has 2 aromatic rings. The molecule has 2 aromatic heterocycles. The van der Waals surface area contributed by atoms with E-state index in [2.05, 4.69) is 4.98 Å². The highest BCUT2D eigenvalue weighted by atomic mass is 32.1. The van der Waals surface area contributed by atoms with E-state index in [1.165, 1.54) is 22.7 Å². The number of carbonyl (C=O) groups is 1. The Morgan fingerprint density at radius 2 is 2.13 bits per heavy atom. The number of thiazole rings is 1. The van der Waals surface area contributed by atoms with Crippen molar-refractivity contribution in [3.8, 4) is 10.4 Å². The van der Waals surface area contributed by atoms with E-state index >= 15 is 0 Å². The summed E-state index contributed by atoms with van der Waals surface area (Å²) in [5.74, 6) is -0.878. The third kappa shape index (κ3) is 1.80. The summed E-state index contributed by atoms with van der Waals surface area (Å²) in [5.41, 5.74) is 2.06. The third-order valence-electron chi connectivity index (χ3n) is 2.04. The average molecular weight is 239 g/mol. The summed E-state index contributed by atoms with van der Waals surface area (Å²) >= 11 is 2.94. The van der Waals surface area contributed by atoms with E-state index in [-0.39, 0.29) is 0 Å². The van der Waals surface area contributed by atoms with Crippen LogP contribution in [0.3, 0.4) is 0 Å². The Hall–Kier alpha value is -1.20. The second-order valence-electron chi connectivity index (χ2n) is 3.15. The Morgan fingerprint density at radius 1 is 1.40 bits per heavy atom. The van der Waals surface area contributed by atoms with Crippen LogP contribution in [0.25, 0.3) is 10.4 Å². The molecule has 0 radical (unpaired) electrons. The van der Waals surface area contributed by atoms with Gasteiger partial charge in [-0.3, -0.25) is 0 Å². The minimum absolute atomic E-state index is 0.367. The van der Waals surface area contributed by atoms with Gasteiger partial charge >= 0.3 is 5.97 Å². The average Bonchev–Trinajstić information content (AvgIpc) is 2.71. The molecule has 15 heavy (non-hydrogen) atoms. The summed E-state index contributed by atoms with van der Waals surface area (Å²) in [5, 5.41) is 13.5. The van der Waals surface area contributed by atoms with Crippen molar-refractivity contribution in [2.24, 2.45) is 0 Å². The number of carboxylic acids is 1. The highest BCUT2D eigenvalue weighted by Crippen LogP contribution is 2.34. The van der Waals surface area contributed by atoms with Crippen molar-refractivity contribution in [2.45, 2.75) is 13.8 Å². The summed E-state index contributed by atoms with van der Waals surface area (Å²) in [6.45, 7) is 3.83. The molecule has 0 atom stereocenters. The zero-order chi connectivity index (χ0) is 11.0. The second-order valence-corrected chi connectivity index (χ2v) is 5.10. The van der Waals surface area contributed by atoms with Gasteiger partial charge in [-0.1, -0.05) is 0 Å². The SMILES string of the molecule is Cc1nc(C)c(-c2cscc2C(=O)O)s1. The first-order valence-corrected chi connectivity index (χ1v) is 6.09. The maximum absolute atomic E-state index is 11.0. The van der Waals surface area contributed by atoms with Gasteiger partial charge in [-0.15, -0.1) is 11.3 Å². The highest BCUT2D eigenvalue weighted by Gasteiger charge is 2.16. The molecular formula is C10H9NO2S2. The van der Waals surface area contributed by atoms with Gasteiger partial charge in [0.15, 0.2) is 0 Å². The molecule has 0 saturated carbocycles. The van der Waals surface area contributed by atoms with Crippen LogP contribution in [0.4, 0.5) is 0 Å². The Labute approximate surface area is 95.0 Å². The van der Waals surface area contributed by atoms with Gasteiger partial charge < -0.3 is 5.11 Å². The molecule has 2 heterocycles. The van der Waals surface area contributed by atoms with Crippen LogP contribution in [0.5, 0.6) is 0 Å². The van der Waals surface area contributed by atoms with Gasteiger partial charge in [0.2, 0.25) is 0 Å². The van der Waals surface area contributed by atoms with E-state index in [1.54, 1.807) is 5.38 Å². The van der Waals surface area contributed by atoms with E-state index in [0.29, 0.717) is 5.56 Å². The van der Waals surface area contributed by atoms with Crippen LogP contribution < -0.4 is 0 Å². The largest absolute Gasteiger partial charge is 0.478 e. The van der Waals surface area contributed by atoms with Gasteiger partial charge in [0.25, 0.3) is 0 Å². The number of aromatic nitrogens is 1. The monoisotopic (exact) mass is 239 g/mol. The summed E-state index contributed by atoms with van der Waals surface area (Å²) in [7, 11) is 0. The molecule has 0 fully saturated rings. The number of hydrogen-bond acceptors (Lipinski definition) is 4. The minimum Gasteiger partial charge on any atom is -0.478 e. The standard InChI is InChI=1S/C10H9NO2S2/c1-5-9(15-6(2)11-5)7-3-14-4-8(7)10(12)13/h3-4H,1-2H3,(H,12,13). The van der Waals surface area contributed by atoms with E-state index in [9.17, 15) is 4.79 Å². The third-order valence-corrected chi connectivity index (χ3v) is 3.89. The number of nitrogens with zero attached hydrogens (tertiary/aromatic N) is 1. The van der Waals surface area contributed by atoms with Gasteiger partial charge in [-0.2, -0.15) is 11.3 Å². The van der Waals surface area contributed by atoms with E-state index in [0.717, 1.165) is 21.1 Å². The van der Waals surface area contributed by atoms with Crippen molar-refractivity contribution >= 4 is 28.6 Å². The van der Waals surface area contributed by atoms with Gasteiger partial charge in [0.05, 0.1) is 21.1 Å². The van der Waals surface area contributed by atoms with Crippen molar-refractivity contribution in [1.29, 1.82) is 0 Å². The summed E-state index contributed by atoms with van der Waals surface area (Å²) in [6, 6.07) is 0. The number of hydrogen-bond donors (Lipinski definition) is 1. The lowest BCUT2D eigenvalue weighted by Gasteiger charge is -1.96. The van der Waals surface area contributed by atoms with Gasteiger partial charge in [-0.05, 0) is 13.8 Å². The molecule has 3 nitrogen and oxygen atoms in total. The first-order chi connectivity index (χ1) is 7.09. The van der Waals surface area contributed by atoms with E-state index < -0.39 is 5.97 Å². The van der Waals surface area contributed by atoms with Gasteiger partial charge in [0.1, 0.15) is 0 Å². The fourth-order valence-corrected chi connectivity index (χ4v) is 3.26. The van der Waals surface area contributed by atoms with Crippen LogP contribution in [0.2, 0.25) is 0 Å². The lowest BCUT2D eigenvalue weighted by Crippen LogP contribution is -1.95. The minimum atomic E-state index is -0.878. The molecule has 0 aromatic carbocycles. The molecule has 0 amide bonds. The Morgan fingerprint density at radius 3 is 2.67 bits per heavy atom. The molecule has 0 unspecified atom stereocenters. The quantitative estimate of drug-likeness (QED) is 0.875. The zero-order valence-electron chi connectivity index (χ0n) is 8.27. The fraction of sp³-hybridized carbons (Fsp3) is 0.200. The summed E-state index contributed by atoms with van der Waals surface area (Å²) in [6.07, 6.45) is 0. The Balaban J connectivity index is 2.58. The lowest BCUT2D eigenvalue weighted by atomic mass is 10.1. The smallest absolute Gasteiger partial charge is 0.337 e. The van der Waals surface area contributed by atoms with Crippen LogP contribution in [0.1, 0.15) is 21.1 Å². The predicted molar refractivity (Wildman–Crippen MR) is 61.9 cm³/mol. The van der Waals surface area contributed by atoms with Gasteiger partial charge in [0, 0.05) is 16.3 Å². The first-order valence-electron chi connectivity index (χ1n) is 4.33.